The predicted octanol–water partition coefficient (Wildman–Crippen LogP) is 4.83. The van der Waals surface area contributed by atoms with Crippen LogP contribution < -0.4 is 20.9 Å². The van der Waals surface area contributed by atoms with Gasteiger partial charge in [-0.05, 0) is 44.5 Å². The lowest BCUT2D eigenvalue weighted by Crippen LogP contribution is -2.21. The van der Waals surface area contributed by atoms with Crippen LogP contribution in [0.1, 0.15) is 36.6 Å². The molecule has 3 aromatic rings. The van der Waals surface area contributed by atoms with Crippen LogP contribution in [0.5, 0.6) is 5.75 Å². The van der Waals surface area contributed by atoms with Gasteiger partial charge in [-0.1, -0.05) is 6.07 Å². The largest absolute Gasteiger partial charge is 0.488 e. The van der Waals surface area contributed by atoms with Crippen molar-refractivity contribution in [1.29, 1.82) is 5.26 Å². The number of carbonyl (C=O) groups is 1. The van der Waals surface area contributed by atoms with Gasteiger partial charge in [0.25, 0.3) is 5.56 Å². The highest BCUT2D eigenvalue weighted by atomic mass is 19.4. The fraction of sp³-hybridized carbons (Fsp3) is 0.261. The van der Waals surface area contributed by atoms with Crippen LogP contribution in [-0.4, -0.2) is 27.6 Å². The van der Waals surface area contributed by atoms with Crippen LogP contribution in [0.4, 0.5) is 29.3 Å². The Morgan fingerprint density at radius 3 is 2.66 bits per heavy atom. The quantitative estimate of drug-likeness (QED) is 0.457. The third kappa shape index (κ3) is 5.94. The Bertz CT molecular complexity index is 1350. The van der Waals surface area contributed by atoms with Crippen molar-refractivity contribution < 1.29 is 22.7 Å². The normalized spacial score (nSPS) is 11.9. The number of aromatic nitrogens is 3. The van der Waals surface area contributed by atoms with Gasteiger partial charge in [0.2, 0.25) is 0 Å². The Morgan fingerprint density at radius 2 is 2.03 bits per heavy atom. The van der Waals surface area contributed by atoms with Gasteiger partial charge in [-0.2, -0.15) is 18.4 Å². The van der Waals surface area contributed by atoms with E-state index in [2.05, 4.69) is 25.6 Å². The SMILES string of the molecule is CCOc1cc(-c2ncc(NC(=O)Nc3ccc(C(C)C#N)c(C(F)(F)F)c3)c(C)n2)c[nH]c1=O. The van der Waals surface area contributed by atoms with Crippen LogP contribution in [-0.2, 0) is 6.18 Å². The topological polar surface area (TPSA) is 133 Å². The van der Waals surface area contributed by atoms with E-state index in [1.807, 2.05) is 0 Å². The summed E-state index contributed by atoms with van der Waals surface area (Å²) in [5.74, 6) is -0.594. The van der Waals surface area contributed by atoms with Gasteiger partial charge < -0.3 is 20.4 Å². The number of nitrogens with zero attached hydrogens (tertiary/aromatic N) is 3. The van der Waals surface area contributed by atoms with Crippen LogP contribution in [0.15, 0.2) is 41.5 Å². The standard InChI is InChI=1S/C23H21F3N6O3/c1-4-35-19-7-14(10-29-21(19)33)20-28-11-18(13(3)30-20)32-22(34)31-15-5-6-16(12(2)9-27)17(8-15)23(24,25)26/h5-8,10-12H,4H2,1-3H3,(H,29,33)(H2,31,32,34). The number of anilines is 2. The molecule has 12 heteroatoms. The number of hydrogen-bond acceptors (Lipinski definition) is 6. The van der Waals surface area contributed by atoms with Crippen LogP contribution >= 0.6 is 0 Å². The van der Waals surface area contributed by atoms with E-state index in [1.165, 1.54) is 31.5 Å². The predicted molar refractivity (Wildman–Crippen MR) is 122 cm³/mol. The molecule has 0 radical (unpaired) electrons. The summed E-state index contributed by atoms with van der Waals surface area (Å²) in [6.45, 7) is 5.01. The number of halogens is 3. The summed E-state index contributed by atoms with van der Waals surface area (Å²) in [6, 6.07) is 5.70. The monoisotopic (exact) mass is 486 g/mol. The van der Waals surface area contributed by atoms with Crippen LogP contribution in [0.2, 0.25) is 0 Å². The maximum absolute atomic E-state index is 13.4. The molecule has 0 aliphatic heterocycles. The highest BCUT2D eigenvalue weighted by Gasteiger charge is 2.35. The second-order valence-corrected chi connectivity index (χ2v) is 7.44. The number of carbonyl (C=O) groups excluding carboxylic acids is 1. The first-order chi connectivity index (χ1) is 16.5. The molecule has 1 unspecified atom stereocenters. The van der Waals surface area contributed by atoms with Gasteiger partial charge >= 0.3 is 12.2 Å². The van der Waals surface area contributed by atoms with Gasteiger partial charge in [0, 0.05) is 17.4 Å². The highest BCUT2D eigenvalue weighted by Crippen LogP contribution is 2.36. The number of pyridine rings is 1. The molecule has 182 valence electrons. The molecule has 0 aliphatic carbocycles. The molecule has 2 aromatic heterocycles. The van der Waals surface area contributed by atoms with Gasteiger partial charge in [0.1, 0.15) is 0 Å². The molecular weight excluding hydrogens is 465 g/mol. The van der Waals surface area contributed by atoms with Crippen molar-refractivity contribution in [2.75, 3.05) is 17.2 Å². The Kier molecular flexibility index (Phi) is 7.39. The second kappa shape index (κ2) is 10.3. The molecule has 9 nitrogen and oxygen atoms in total. The van der Waals surface area contributed by atoms with Crippen molar-refractivity contribution >= 4 is 17.4 Å². The van der Waals surface area contributed by atoms with Crippen molar-refractivity contribution in [2.45, 2.75) is 32.9 Å². The van der Waals surface area contributed by atoms with E-state index in [0.29, 0.717) is 17.9 Å². The van der Waals surface area contributed by atoms with Gasteiger partial charge in [-0.15, -0.1) is 0 Å². The maximum Gasteiger partial charge on any atom is 0.416 e. The summed E-state index contributed by atoms with van der Waals surface area (Å²) in [5, 5.41) is 13.8. The van der Waals surface area contributed by atoms with Gasteiger partial charge in [0.15, 0.2) is 11.6 Å². The molecule has 2 heterocycles. The molecule has 1 aromatic carbocycles. The number of amides is 2. The molecule has 3 N–H and O–H groups in total. The number of aromatic amines is 1. The summed E-state index contributed by atoms with van der Waals surface area (Å²) in [7, 11) is 0. The Hall–Kier alpha value is -4.40. The number of nitrogens with one attached hydrogen (secondary N) is 3. The van der Waals surface area contributed by atoms with Gasteiger partial charge in [-0.25, -0.2) is 14.8 Å². The first-order valence-electron chi connectivity index (χ1n) is 10.4. The lowest BCUT2D eigenvalue weighted by molar-refractivity contribution is -0.138. The summed E-state index contributed by atoms with van der Waals surface area (Å²) >= 11 is 0. The fourth-order valence-electron chi connectivity index (χ4n) is 3.19. The number of H-pyrrole nitrogens is 1. The first kappa shape index (κ1) is 25.2. The lowest BCUT2D eigenvalue weighted by atomic mass is 9.96. The van der Waals surface area contributed by atoms with E-state index in [9.17, 15) is 22.8 Å². The van der Waals surface area contributed by atoms with E-state index in [0.717, 1.165) is 12.1 Å². The van der Waals surface area contributed by atoms with Crippen LogP contribution in [0.3, 0.4) is 0 Å². The average Bonchev–Trinajstić information content (AvgIpc) is 2.81. The van der Waals surface area contributed by atoms with Crippen molar-refractivity contribution in [1.82, 2.24) is 15.0 Å². The first-order valence-corrected chi connectivity index (χ1v) is 10.4. The number of benzene rings is 1. The highest BCUT2D eigenvalue weighted by molar-refractivity contribution is 6.00. The van der Waals surface area contributed by atoms with E-state index in [-0.39, 0.29) is 28.5 Å². The third-order valence-corrected chi connectivity index (χ3v) is 4.93. The number of nitriles is 1. The minimum atomic E-state index is -4.70. The molecule has 3 rings (SSSR count). The van der Waals surface area contributed by atoms with E-state index >= 15 is 0 Å². The molecule has 0 aliphatic rings. The minimum Gasteiger partial charge on any atom is -0.488 e. The average molecular weight is 486 g/mol. The summed E-state index contributed by atoms with van der Waals surface area (Å²) in [5.41, 5.74) is -0.587. The van der Waals surface area contributed by atoms with Crippen molar-refractivity contribution in [3.63, 3.8) is 0 Å². The van der Waals surface area contributed by atoms with Crippen LogP contribution in [0.25, 0.3) is 11.4 Å². The molecule has 2 amide bonds. The molecule has 1 atom stereocenters. The molecule has 0 saturated carbocycles. The lowest BCUT2D eigenvalue weighted by Gasteiger charge is -2.16. The Balaban J connectivity index is 1.78. The zero-order valence-electron chi connectivity index (χ0n) is 18.9. The van der Waals surface area contributed by atoms with Crippen LogP contribution in [0, 0.1) is 18.3 Å². The number of aryl methyl sites for hydroxylation is 1. The fourth-order valence-corrected chi connectivity index (χ4v) is 3.19. The number of rotatable bonds is 6. The maximum atomic E-state index is 13.4. The van der Waals surface area contributed by atoms with E-state index in [1.54, 1.807) is 19.9 Å². The molecule has 35 heavy (non-hydrogen) atoms. The van der Waals surface area contributed by atoms with Crippen molar-refractivity contribution in [2.24, 2.45) is 0 Å². The van der Waals surface area contributed by atoms with Crippen molar-refractivity contribution in [3.05, 3.63) is 63.8 Å². The summed E-state index contributed by atoms with van der Waals surface area (Å²) < 4.78 is 45.6. The van der Waals surface area contributed by atoms with Crippen molar-refractivity contribution in [3.8, 4) is 23.2 Å². The van der Waals surface area contributed by atoms with E-state index in [4.69, 9.17) is 10.00 Å². The zero-order chi connectivity index (χ0) is 25.8. The number of ether oxygens (including phenoxy) is 1. The molecule has 0 saturated heterocycles. The molecule has 0 fully saturated rings. The number of alkyl halides is 3. The zero-order valence-corrected chi connectivity index (χ0v) is 18.9. The second-order valence-electron chi connectivity index (χ2n) is 7.44. The van der Waals surface area contributed by atoms with Gasteiger partial charge in [0.05, 0.1) is 41.7 Å². The summed E-state index contributed by atoms with van der Waals surface area (Å²) in [6.07, 6.45) is -1.94. The smallest absolute Gasteiger partial charge is 0.416 e. The Labute approximate surface area is 198 Å². The van der Waals surface area contributed by atoms with Gasteiger partial charge in [-0.3, -0.25) is 4.79 Å². The molecular formula is C23H21F3N6O3. The number of urea groups is 1. The number of hydrogen-bond donors (Lipinski definition) is 3. The minimum absolute atomic E-state index is 0.101. The third-order valence-electron chi connectivity index (χ3n) is 4.93. The van der Waals surface area contributed by atoms with E-state index < -0.39 is 29.2 Å². The Morgan fingerprint density at radius 1 is 1.29 bits per heavy atom. The molecule has 0 spiro atoms. The molecule has 0 bridgehead atoms. The summed E-state index contributed by atoms with van der Waals surface area (Å²) in [4.78, 5) is 35.2.